The number of hydrogen-bond acceptors (Lipinski definition) is 3. The van der Waals surface area contributed by atoms with Crippen LogP contribution >= 0.6 is 15.9 Å². The molecule has 0 saturated carbocycles. The molecular weight excluding hydrogens is 366 g/mol. The molecular formula is C19H24BrN3O. The molecule has 2 aromatic rings. The fourth-order valence-corrected chi connectivity index (χ4v) is 2.78. The van der Waals surface area contributed by atoms with E-state index in [-0.39, 0.29) is 5.91 Å². The zero-order valence-corrected chi connectivity index (χ0v) is 16.0. The van der Waals surface area contributed by atoms with Gasteiger partial charge in [0.2, 0.25) is 5.91 Å². The lowest BCUT2D eigenvalue weighted by molar-refractivity contribution is -0.117. The molecule has 24 heavy (non-hydrogen) atoms. The summed E-state index contributed by atoms with van der Waals surface area (Å²) in [5, 5.41) is 2.95. The Balaban J connectivity index is 1.94. The number of nitrogens with one attached hydrogen (secondary N) is 1. The highest BCUT2D eigenvalue weighted by molar-refractivity contribution is 9.10. The minimum atomic E-state index is -0.00587. The predicted molar refractivity (Wildman–Crippen MR) is 104 cm³/mol. The highest BCUT2D eigenvalue weighted by Crippen LogP contribution is 2.21. The van der Waals surface area contributed by atoms with E-state index in [9.17, 15) is 4.79 Å². The number of carbonyl (C=O) groups excluding carboxylic acids is 1. The lowest BCUT2D eigenvalue weighted by Crippen LogP contribution is -2.32. The summed E-state index contributed by atoms with van der Waals surface area (Å²) in [6, 6.07) is 16.1. The zero-order chi connectivity index (χ0) is 17.5. The van der Waals surface area contributed by atoms with Crippen LogP contribution in [-0.4, -0.2) is 38.0 Å². The second-order valence-electron chi connectivity index (χ2n) is 5.89. The Morgan fingerprint density at radius 2 is 1.75 bits per heavy atom. The van der Waals surface area contributed by atoms with Gasteiger partial charge in [-0.05, 0) is 52.3 Å². The summed E-state index contributed by atoms with van der Waals surface area (Å²) < 4.78 is 0.890. The third-order valence-corrected chi connectivity index (χ3v) is 4.51. The highest BCUT2D eigenvalue weighted by Gasteiger charge is 2.11. The summed E-state index contributed by atoms with van der Waals surface area (Å²) in [6.45, 7) is 4.01. The van der Waals surface area contributed by atoms with Crippen molar-refractivity contribution in [1.29, 1.82) is 0 Å². The summed E-state index contributed by atoms with van der Waals surface area (Å²) in [7, 11) is 4.05. The maximum absolute atomic E-state index is 12.3. The molecule has 5 heteroatoms. The lowest BCUT2D eigenvalue weighted by Gasteiger charge is -2.21. The number of amides is 1. The number of hydrogen-bond donors (Lipinski definition) is 1. The van der Waals surface area contributed by atoms with Crippen LogP contribution in [0.5, 0.6) is 0 Å². The molecule has 0 bridgehead atoms. The minimum Gasteiger partial charge on any atom is -0.378 e. The molecule has 0 saturated heterocycles. The first-order chi connectivity index (χ1) is 11.5. The lowest BCUT2D eigenvalue weighted by atomic mass is 10.2. The molecule has 0 radical (unpaired) electrons. The average Bonchev–Trinajstić information content (AvgIpc) is 2.56. The van der Waals surface area contributed by atoms with Gasteiger partial charge in [0.25, 0.3) is 0 Å². The van der Waals surface area contributed by atoms with Crippen LogP contribution in [-0.2, 0) is 11.3 Å². The van der Waals surface area contributed by atoms with Crippen LogP contribution in [0.4, 0.5) is 11.4 Å². The van der Waals surface area contributed by atoms with Gasteiger partial charge in [-0.3, -0.25) is 9.69 Å². The van der Waals surface area contributed by atoms with E-state index < -0.39 is 0 Å². The molecule has 0 fully saturated rings. The van der Waals surface area contributed by atoms with Gasteiger partial charge in [-0.1, -0.05) is 31.2 Å². The van der Waals surface area contributed by atoms with Crippen LogP contribution in [0.25, 0.3) is 0 Å². The first-order valence-electron chi connectivity index (χ1n) is 8.02. The number of benzene rings is 2. The number of rotatable bonds is 7. The van der Waals surface area contributed by atoms with E-state index in [1.165, 1.54) is 11.3 Å². The van der Waals surface area contributed by atoms with E-state index in [0.29, 0.717) is 6.54 Å². The Kier molecular flexibility index (Phi) is 6.82. The molecule has 0 heterocycles. The first-order valence-corrected chi connectivity index (χ1v) is 8.82. The van der Waals surface area contributed by atoms with Crippen molar-refractivity contribution in [3.8, 4) is 0 Å². The molecule has 2 aromatic carbocycles. The number of halogens is 1. The van der Waals surface area contributed by atoms with Gasteiger partial charge in [0, 0.05) is 30.8 Å². The van der Waals surface area contributed by atoms with Crippen LogP contribution < -0.4 is 10.2 Å². The monoisotopic (exact) mass is 389 g/mol. The van der Waals surface area contributed by atoms with Crippen molar-refractivity contribution in [3.05, 3.63) is 58.6 Å². The highest BCUT2D eigenvalue weighted by atomic mass is 79.9. The van der Waals surface area contributed by atoms with Gasteiger partial charge < -0.3 is 10.2 Å². The number of carbonyl (C=O) groups is 1. The summed E-state index contributed by atoms with van der Waals surface area (Å²) in [4.78, 5) is 16.5. The average molecular weight is 390 g/mol. The van der Waals surface area contributed by atoms with Crippen LogP contribution in [0, 0.1) is 0 Å². The van der Waals surface area contributed by atoms with Gasteiger partial charge in [0.05, 0.1) is 12.2 Å². The van der Waals surface area contributed by atoms with Crippen molar-refractivity contribution in [2.75, 3.05) is 37.4 Å². The fraction of sp³-hybridized carbons (Fsp3) is 0.316. The van der Waals surface area contributed by atoms with Gasteiger partial charge >= 0.3 is 0 Å². The number of para-hydroxylation sites is 1. The van der Waals surface area contributed by atoms with Crippen molar-refractivity contribution in [2.45, 2.75) is 13.5 Å². The largest absolute Gasteiger partial charge is 0.378 e. The number of anilines is 2. The van der Waals surface area contributed by atoms with E-state index >= 15 is 0 Å². The molecule has 2 rings (SSSR count). The molecule has 128 valence electrons. The van der Waals surface area contributed by atoms with Gasteiger partial charge in [-0.15, -0.1) is 0 Å². The molecule has 0 aliphatic rings. The summed E-state index contributed by atoms with van der Waals surface area (Å²) in [5.41, 5.74) is 3.18. The molecule has 0 aliphatic heterocycles. The van der Waals surface area contributed by atoms with E-state index in [2.05, 4.69) is 62.2 Å². The van der Waals surface area contributed by atoms with Gasteiger partial charge in [-0.25, -0.2) is 0 Å². The molecule has 1 amide bonds. The van der Waals surface area contributed by atoms with Crippen molar-refractivity contribution < 1.29 is 4.79 Å². The summed E-state index contributed by atoms with van der Waals surface area (Å²) >= 11 is 3.45. The predicted octanol–water partition coefficient (Wildman–Crippen LogP) is 3.98. The summed E-state index contributed by atoms with van der Waals surface area (Å²) in [5.74, 6) is -0.00587. The smallest absolute Gasteiger partial charge is 0.238 e. The summed E-state index contributed by atoms with van der Waals surface area (Å²) in [6.07, 6.45) is 0. The SMILES string of the molecule is CCN(CC(=O)Nc1ccccc1Br)Cc1ccc(N(C)C)cc1. The first kappa shape index (κ1) is 18.5. The Morgan fingerprint density at radius 1 is 1.08 bits per heavy atom. The van der Waals surface area contributed by atoms with Crippen molar-refractivity contribution in [3.63, 3.8) is 0 Å². The van der Waals surface area contributed by atoms with Gasteiger partial charge in [-0.2, -0.15) is 0 Å². The third kappa shape index (κ3) is 5.35. The second-order valence-corrected chi connectivity index (χ2v) is 6.75. The van der Waals surface area contributed by atoms with E-state index in [0.717, 1.165) is 23.2 Å². The van der Waals surface area contributed by atoms with Gasteiger partial charge in [0.1, 0.15) is 0 Å². The van der Waals surface area contributed by atoms with E-state index in [1.54, 1.807) is 0 Å². The van der Waals surface area contributed by atoms with Crippen molar-refractivity contribution in [2.24, 2.45) is 0 Å². The zero-order valence-electron chi connectivity index (χ0n) is 14.4. The Morgan fingerprint density at radius 3 is 2.33 bits per heavy atom. The van der Waals surface area contributed by atoms with Crippen molar-refractivity contribution >= 4 is 33.2 Å². The van der Waals surface area contributed by atoms with Crippen LogP contribution in [0.1, 0.15) is 12.5 Å². The van der Waals surface area contributed by atoms with Crippen LogP contribution in [0.2, 0.25) is 0 Å². The maximum Gasteiger partial charge on any atom is 0.238 e. The quantitative estimate of drug-likeness (QED) is 0.777. The van der Waals surface area contributed by atoms with Crippen LogP contribution in [0.15, 0.2) is 53.0 Å². The standard InChI is InChI=1S/C19H24BrN3O/c1-4-23(13-15-9-11-16(12-10-15)22(2)3)14-19(24)21-18-8-6-5-7-17(18)20/h5-12H,4,13-14H2,1-3H3,(H,21,24). The van der Waals surface area contributed by atoms with Gasteiger partial charge in [0.15, 0.2) is 0 Å². The number of likely N-dealkylation sites (N-methyl/N-ethyl adjacent to an activating group) is 1. The molecule has 0 unspecified atom stereocenters. The fourth-order valence-electron chi connectivity index (χ4n) is 2.39. The maximum atomic E-state index is 12.3. The second kappa shape index (κ2) is 8.85. The minimum absolute atomic E-state index is 0.00587. The number of nitrogens with zero attached hydrogens (tertiary/aromatic N) is 2. The Labute approximate surface area is 152 Å². The van der Waals surface area contributed by atoms with E-state index in [4.69, 9.17) is 0 Å². The van der Waals surface area contributed by atoms with Crippen molar-refractivity contribution in [1.82, 2.24) is 4.90 Å². The molecule has 4 nitrogen and oxygen atoms in total. The third-order valence-electron chi connectivity index (χ3n) is 3.82. The molecule has 0 aliphatic carbocycles. The normalized spacial score (nSPS) is 10.7. The topological polar surface area (TPSA) is 35.6 Å². The molecule has 0 atom stereocenters. The molecule has 1 N–H and O–H groups in total. The Hall–Kier alpha value is -1.85. The van der Waals surface area contributed by atoms with E-state index in [1.807, 2.05) is 38.4 Å². The van der Waals surface area contributed by atoms with Crippen LogP contribution in [0.3, 0.4) is 0 Å². The Bertz CT molecular complexity index is 671. The molecule has 0 aromatic heterocycles. The molecule has 0 spiro atoms.